The van der Waals surface area contributed by atoms with Crippen LogP contribution in [-0.2, 0) is 4.79 Å². The lowest BCUT2D eigenvalue weighted by atomic mass is 9.97. The minimum absolute atomic E-state index is 0.1000. The molecule has 0 aliphatic heterocycles. The van der Waals surface area contributed by atoms with Crippen LogP contribution >= 0.6 is 35.3 Å². The van der Waals surface area contributed by atoms with Crippen molar-refractivity contribution in [2.45, 2.75) is 55.3 Å². The Morgan fingerprint density at radius 1 is 1.20 bits per heavy atom. The van der Waals surface area contributed by atoms with Gasteiger partial charge in [0.15, 0.2) is 8.29 Å². The van der Waals surface area contributed by atoms with Gasteiger partial charge in [0.2, 0.25) is 5.91 Å². The Labute approximate surface area is 162 Å². The predicted octanol–water partition coefficient (Wildman–Crippen LogP) is 4.98. The minimum atomic E-state index is 0.1000. The number of para-hydroxylation sites is 1. The molecule has 4 nitrogen and oxygen atoms in total. The van der Waals surface area contributed by atoms with Crippen LogP contribution in [0.3, 0.4) is 0 Å². The Kier molecular flexibility index (Phi) is 7.07. The number of nitrogens with one attached hydrogen (secondary N) is 1. The molecule has 1 fully saturated rings. The van der Waals surface area contributed by atoms with Crippen molar-refractivity contribution in [2.75, 3.05) is 5.75 Å². The van der Waals surface area contributed by atoms with Gasteiger partial charge in [-0.1, -0.05) is 73.4 Å². The van der Waals surface area contributed by atoms with Gasteiger partial charge in [0.1, 0.15) is 0 Å². The lowest BCUT2D eigenvalue weighted by molar-refractivity contribution is -0.119. The fraction of sp³-hybridized carbons (Fsp3) is 0.500. The first-order valence-corrected chi connectivity index (χ1v) is 11.0. The molecule has 1 aliphatic carbocycles. The van der Waals surface area contributed by atoms with E-state index >= 15 is 0 Å². The average molecular weight is 394 g/mol. The Hall–Kier alpha value is -1.18. The highest BCUT2D eigenvalue weighted by atomic mass is 32.2. The first-order valence-electron chi connectivity index (χ1n) is 8.80. The number of rotatable bonds is 5. The summed E-state index contributed by atoms with van der Waals surface area (Å²) in [7, 11) is 0. The monoisotopic (exact) mass is 393 g/mol. The van der Waals surface area contributed by atoms with Gasteiger partial charge in [-0.05, 0) is 37.2 Å². The molecule has 1 amide bonds. The number of benzene rings is 1. The standard InChI is InChI=1S/C18H23N3OS3/c22-16(19-14-9-5-2-1-3-6-10-14)13-24-17-20-21(18(23)25-17)15-11-7-4-8-12-15/h4,7-8,11-12,14H,1-3,5-6,9-10,13H2,(H,19,22). The highest BCUT2D eigenvalue weighted by Crippen LogP contribution is 2.24. The van der Waals surface area contributed by atoms with Crippen LogP contribution in [0.4, 0.5) is 0 Å². The molecular weight excluding hydrogens is 370 g/mol. The van der Waals surface area contributed by atoms with Gasteiger partial charge in [-0.3, -0.25) is 4.79 Å². The van der Waals surface area contributed by atoms with Crippen molar-refractivity contribution in [3.05, 3.63) is 34.3 Å². The molecule has 25 heavy (non-hydrogen) atoms. The molecule has 0 atom stereocenters. The van der Waals surface area contributed by atoms with E-state index in [4.69, 9.17) is 12.2 Å². The van der Waals surface area contributed by atoms with Crippen molar-refractivity contribution >= 4 is 41.2 Å². The highest BCUT2D eigenvalue weighted by Gasteiger charge is 2.15. The fourth-order valence-corrected chi connectivity index (χ4v) is 5.22. The number of hydrogen-bond donors (Lipinski definition) is 1. The molecule has 7 heteroatoms. The summed E-state index contributed by atoms with van der Waals surface area (Å²) in [6.07, 6.45) is 8.59. The van der Waals surface area contributed by atoms with Crippen LogP contribution in [0, 0.1) is 3.95 Å². The SMILES string of the molecule is O=C(CSc1nn(-c2ccccc2)c(=S)s1)NC1CCCCCCC1. The van der Waals surface area contributed by atoms with Crippen LogP contribution in [0.1, 0.15) is 44.9 Å². The molecule has 0 unspecified atom stereocenters. The van der Waals surface area contributed by atoms with E-state index in [1.807, 2.05) is 30.3 Å². The molecule has 1 aromatic heterocycles. The van der Waals surface area contributed by atoms with E-state index in [1.54, 1.807) is 4.68 Å². The molecule has 0 saturated heterocycles. The molecule has 134 valence electrons. The highest BCUT2D eigenvalue weighted by molar-refractivity contribution is 8.01. The van der Waals surface area contributed by atoms with Gasteiger partial charge in [0.25, 0.3) is 0 Å². The maximum atomic E-state index is 12.3. The van der Waals surface area contributed by atoms with Crippen LogP contribution in [0.25, 0.3) is 5.69 Å². The summed E-state index contributed by atoms with van der Waals surface area (Å²) in [5.74, 6) is 0.496. The third-order valence-corrected chi connectivity index (χ3v) is 6.69. The zero-order valence-electron chi connectivity index (χ0n) is 14.1. The molecule has 1 N–H and O–H groups in total. The van der Waals surface area contributed by atoms with E-state index in [-0.39, 0.29) is 5.91 Å². The van der Waals surface area contributed by atoms with Gasteiger partial charge in [0.05, 0.1) is 11.4 Å². The van der Waals surface area contributed by atoms with Crippen molar-refractivity contribution in [2.24, 2.45) is 0 Å². The lowest BCUT2D eigenvalue weighted by Gasteiger charge is -2.20. The molecule has 0 bridgehead atoms. The molecule has 0 radical (unpaired) electrons. The van der Waals surface area contributed by atoms with E-state index < -0.39 is 0 Å². The first-order chi connectivity index (χ1) is 12.2. The maximum absolute atomic E-state index is 12.3. The van der Waals surface area contributed by atoms with Gasteiger partial charge in [-0.2, -0.15) is 0 Å². The minimum Gasteiger partial charge on any atom is -0.353 e. The second kappa shape index (κ2) is 9.50. The Morgan fingerprint density at radius 3 is 2.60 bits per heavy atom. The maximum Gasteiger partial charge on any atom is 0.230 e. The van der Waals surface area contributed by atoms with Crippen molar-refractivity contribution in [3.8, 4) is 5.69 Å². The van der Waals surface area contributed by atoms with Gasteiger partial charge < -0.3 is 5.32 Å². The summed E-state index contributed by atoms with van der Waals surface area (Å²) in [6, 6.07) is 10.2. The summed E-state index contributed by atoms with van der Waals surface area (Å²) in [5.41, 5.74) is 0.953. The van der Waals surface area contributed by atoms with Crippen LogP contribution in [0.15, 0.2) is 34.7 Å². The van der Waals surface area contributed by atoms with Crippen LogP contribution in [0.5, 0.6) is 0 Å². The smallest absolute Gasteiger partial charge is 0.230 e. The molecule has 1 aliphatic rings. The van der Waals surface area contributed by atoms with Crippen molar-refractivity contribution in [1.82, 2.24) is 15.1 Å². The largest absolute Gasteiger partial charge is 0.353 e. The van der Waals surface area contributed by atoms with Crippen molar-refractivity contribution < 1.29 is 4.79 Å². The van der Waals surface area contributed by atoms with E-state index in [0.29, 0.717) is 15.7 Å². The summed E-state index contributed by atoms with van der Waals surface area (Å²) < 4.78 is 3.30. The zero-order valence-corrected chi connectivity index (χ0v) is 16.6. The second-order valence-corrected chi connectivity index (χ2v) is 9.12. The molecule has 1 saturated carbocycles. The summed E-state index contributed by atoms with van der Waals surface area (Å²) >= 11 is 8.32. The normalized spacial score (nSPS) is 16.2. The van der Waals surface area contributed by atoms with Crippen molar-refractivity contribution in [1.29, 1.82) is 0 Å². The molecule has 3 rings (SSSR count). The van der Waals surface area contributed by atoms with E-state index in [2.05, 4.69) is 10.4 Å². The number of amides is 1. The van der Waals surface area contributed by atoms with Gasteiger partial charge in [0, 0.05) is 6.04 Å². The number of nitrogens with zero attached hydrogens (tertiary/aromatic N) is 2. The number of aromatic nitrogens is 2. The molecule has 1 heterocycles. The molecule has 0 spiro atoms. The number of thioether (sulfide) groups is 1. The third-order valence-electron chi connectivity index (χ3n) is 4.33. The number of carbonyl (C=O) groups excluding carboxylic acids is 1. The van der Waals surface area contributed by atoms with Gasteiger partial charge in [-0.15, -0.1) is 5.10 Å². The fourth-order valence-electron chi connectivity index (χ4n) is 3.05. The zero-order chi connectivity index (χ0) is 17.5. The Balaban J connectivity index is 1.53. The van der Waals surface area contributed by atoms with Crippen LogP contribution in [0.2, 0.25) is 0 Å². The Bertz CT molecular complexity index is 734. The van der Waals surface area contributed by atoms with Gasteiger partial charge in [-0.25, -0.2) is 4.68 Å². The third kappa shape index (κ3) is 5.66. The quantitative estimate of drug-likeness (QED) is 0.574. The van der Waals surface area contributed by atoms with E-state index in [0.717, 1.165) is 22.9 Å². The molecule has 1 aromatic carbocycles. The van der Waals surface area contributed by atoms with Gasteiger partial charge >= 0.3 is 0 Å². The summed E-state index contributed by atoms with van der Waals surface area (Å²) in [5, 5.41) is 7.73. The lowest BCUT2D eigenvalue weighted by Crippen LogP contribution is -2.36. The van der Waals surface area contributed by atoms with Crippen molar-refractivity contribution in [3.63, 3.8) is 0 Å². The average Bonchev–Trinajstić information content (AvgIpc) is 2.97. The van der Waals surface area contributed by atoms with Crippen LogP contribution in [-0.4, -0.2) is 27.5 Å². The van der Waals surface area contributed by atoms with E-state index in [1.165, 1.54) is 55.2 Å². The Morgan fingerprint density at radius 2 is 1.88 bits per heavy atom. The van der Waals surface area contributed by atoms with E-state index in [9.17, 15) is 4.79 Å². The molecular formula is C18H23N3OS3. The summed E-state index contributed by atoms with van der Waals surface area (Å²) in [4.78, 5) is 12.3. The number of hydrogen-bond acceptors (Lipinski definition) is 5. The number of carbonyl (C=O) groups is 1. The first kappa shape index (κ1) is 18.6. The summed E-state index contributed by atoms with van der Waals surface area (Å²) in [6.45, 7) is 0. The van der Waals surface area contributed by atoms with Crippen LogP contribution < -0.4 is 5.32 Å². The predicted molar refractivity (Wildman–Crippen MR) is 107 cm³/mol. The second-order valence-electron chi connectivity index (χ2n) is 6.28. The topological polar surface area (TPSA) is 46.9 Å². The molecule has 2 aromatic rings.